The number of aryl methyl sites for hydroxylation is 2. The number of rotatable bonds is 7. The minimum atomic E-state index is -0.0937. The topological polar surface area (TPSA) is 49.4 Å². The van der Waals surface area contributed by atoms with Crippen LogP contribution in [0.15, 0.2) is 48.5 Å². The van der Waals surface area contributed by atoms with Crippen molar-refractivity contribution in [1.82, 2.24) is 0 Å². The lowest BCUT2D eigenvalue weighted by Crippen LogP contribution is -2.32. The molecular formula is C20H24N2O2S. The van der Waals surface area contributed by atoms with Crippen molar-refractivity contribution in [3.8, 4) is 0 Å². The monoisotopic (exact) mass is 356 g/mol. The second-order valence-electron chi connectivity index (χ2n) is 5.81. The third-order valence-corrected chi connectivity index (χ3v) is 4.85. The Labute approximate surface area is 153 Å². The fourth-order valence-electron chi connectivity index (χ4n) is 2.44. The van der Waals surface area contributed by atoms with Crippen LogP contribution in [0.3, 0.4) is 0 Å². The van der Waals surface area contributed by atoms with Crippen molar-refractivity contribution in [3.63, 3.8) is 0 Å². The number of carbonyl (C=O) groups excluding carboxylic acids is 2. The zero-order valence-corrected chi connectivity index (χ0v) is 15.7. The zero-order valence-electron chi connectivity index (χ0n) is 14.9. The van der Waals surface area contributed by atoms with Crippen LogP contribution in [-0.4, -0.2) is 29.9 Å². The molecule has 5 heteroatoms. The van der Waals surface area contributed by atoms with Crippen molar-refractivity contribution in [2.75, 3.05) is 28.3 Å². The number of thioether (sulfide) groups is 1. The number of hydrogen-bond acceptors (Lipinski definition) is 3. The molecule has 0 heterocycles. The van der Waals surface area contributed by atoms with Gasteiger partial charge in [-0.05, 0) is 56.2 Å². The fourth-order valence-corrected chi connectivity index (χ4v) is 3.13. The lowest BCUT2D eigenvalue weighted by molar-refractivity contribution is -0.116. The standard InChI is InChI=1S/C20H24N2O2S/c1-4-22(18-8-6-5-7-9-18)20(24)14-25-13-19(23)21-17-11-10-15(2)16(3)12-17/h5-12H,4,13-14H2,1-3H3,(H,21,23). The second-order valence-corrected chi connectivity index (χ2v) is 6.80. The molecule has 2 aromatic rings. The molecule has 0 aliphatic heterocycles. The summed E-state index contributed by atoms with van der Waals surface area (Å²) in [5, 5.41) is 2.87. The molecule has 1 N–H and O–H groups in total. The van der Waals surface area contributed by atoms with Crippen LogP contribution < -0.4 is 10.2 Å². The Kier molecular flexibility index (Phi) is 7.07. The molecule has 2 aromatic carbocycles. The molecule has 0 unspecified atom stereocenters. The van der Waals surface area contributed by atoms with Gasteiger partial charge in [-0.3, -0.25) is 9.59 Å². The normalized spacial score (nSPS) is 10.4. The van der Waals surface area contributed by atoms with E-state index in [4.69, 9.17) is 0 Å². The molecule has 0 aliphatic carbocycles. The molecule has 0 aliphatic rings. The summed E-state index contributed by atoms with van der Waals surface area (Å²) >= 11 is 1.33. The summed E-state index contributed by atoms with van der Waals surface area (Å²) in [6.45, 7) is 6.61. The molecule has 4 nitrogen and oxygen atoms in total. The zero-order chi connectivity index (χ0) is 18.2. The SMILES string of the molecule is CCN(C(=O)CSCC(=O)Nc1ccc(C)c(C)c1)c1ccccc1. The van der Waals surface area contributed by atoms with E-state index in [0.29, 0.717) is 6.54 Å². The van der Waals surface area contributed by atoms with E-state index in [1.165, 1.54) is 17.3 Å². The van der Waals surface area contributed by atoms with Gasteiger partial charge in [0.2, 0.25) is 11.8 Å². The van der Waals surface area contributed by atoms with Crippen molar-refractivity contribution >= 4 is 35.0 Å². The number of nitrogens with one attached hydrogen (secondary N) is 1. The van der Waals surface area contributed by atoms with E-state index in [0.717, 1.165) is 16.9 Å². The van der Waals surface area contributed by atoms with Crippen molar-refractivity contribution < 1.29 is 9.59 Å². The predicted molar refractivity (Wildman–Crippen MR) is 106 cm³/mol. The molecule has 0 saturated heterocycles. The summed E-state index contributed by atoms with van der Waals surface area (Å²) in [6.07, 6.45) is 0. The smallest absolute Gasteiger partial charge is 0.236 e. The van der Waals surface area contributed by atoms with E-state index < -0.39 is 0 Å². The van der Waals surface area contributed by atoms with Crippen LogP contribution in [0.5, 0.6) is 0 Å². The van der Waals surface area contributed by atoms with Gasteiger partial charge in [-0.1, -0.05) is 24.3 Å². The number of hydrogen-bond donors (Lipinski definition) is 1. The van der Waals surface area contributed by atoms with Gasteiger partial charge in [0.05, 0.1) is 11.5 Å². The highest BCUT2D eigenvalue weighted by atomic mass is 32.2. The van der Waals surface area contributed by atoms with Gasteiger partial charge in [-0.15, -0.1) is 11.8 Å². The summed E-state index contributed by atoms with van der Waals surface area (Å²) in [5.41, 5.74) is 4.01. The Morgan fingerprint density at radius 2 is 1.72 bits per heavy atom. The van der Waals surface area contributed by atoms with Gasteiger partial charge in [0, 0.05) is 17.9 Å². The first kappa shape index (κ1) is 19.1. The highest BCUT2D eigenvalue weighted by Crippen LogP contribution is 2.16. The highest BCUT2D eigenvalue weighted by molar-refractivity contribution is 8.00. The second kappa shape index (κ2) is 9.28. The summed E-state index contributed by atoms with van der Waals surface area (Å²) in [5.74, 6) is 0.454. The quantitative estimate of drug-likeness (QED) is 0.815. The third-order valence-electron chi connectivity index (χ3n) is 3.93. The minimum Gasteiger partial charge on any atom is -0.325 e. The molecule has 0 aromatic heterocycles. The van der Waals surface area contributed by atoms with Gasteiger partial charge in [0.15, 0.2) is 0 Å². The molecule has 2 amide bonds. The number of benzene rings is 2. The molecule has 0 atom stereocenters. The van der Waals surface area contributed by atoms with E-state index in [1.807, 2.05) is 69.3 Å². The number of anilines is 2. The van der Waals surface area contributed by atoms with Crippen LogP contribution >= 0.6 is 11.8 Å². The van der Waals surface area contributed by atoms with Gasteiger partial charge < -0.3 is 10.2 Å². The fraction of sp³-hybridized carbons (Fsp3) is 0.300. The van der Waals surface area contributed by atoms with Crippen LogP contribution in [0.25, 0.3) is 0 Å². The van der Waals surface area contributed by atoms with Crippen LogP contribution in [0.1, 0.15) is 18.1 Å². The summed E-state index contributed by atoms with van der Waals surface area (Å²) in [7, 11) is 0. The van der Waals surface area contributed by atoms with Crippen molar-refractivity contribution in [2.24, 2.45) is 0 Å². The number of para-hydroxylation sites is 1. The van der Waals surface area contributed by atoms with Gasteiger partial charge in [0.1, 0.15) is 0 Å². The van der Waals surface area contributed by atoms with Gasteiger partial charge >= 0.3 is 0 Å². The molecular weight excluding hydrogens is 332 g/mol. The maximum atomic E-state index is 12.4. The lowest BCUT2D eigenvalue weighted by atomic mass is 10.1. The van der Waals surface area contributed by atoms with Gasteiger partial charge in [-0.2, -0.15) is 0 Å². The number of carbonyl (C=O) groups is 2. The van der Waals surface area contributed by atoms with E-state index in [2.05, 4.69) is 5.32 Å². The highest BCUT2D eigenvalue weighted by Gasteiger charge is 2.14. The Morgan fingerprint density at radius 1 is 1.00 bits per heavy atom. The molecule has 0 saturated carbocycles. The van der Waals surface area contributed by atoms with E-state index >= 15 is 0 Å². The van der Waals surface area contributed by atoms with E-state index in [1.54, 1.807) is 4.90 Å². The molecule has 2 rings (SSSR count). The Hall–Kier alpha value is -2.27. The number of amides is 2. The van der Waals surface area contributed by atoms with Crippen molar-refractivity contribution in [2.45, 2.75) is 20.8 Å². The Morgan fingerprint density at radius 3 is 2.36 bits per heavy atom. The number of nitrogens with zero attached hydrogens (tertiary/aromatic N) is 1. The molecule has 0 radical (unpaired) electrons. The average Bonchev–Trinajstić information content (AvgIpc) is 2.60. The maximum absolute atomic E-state index is 12.4. The third kappa shape index (κ3) is 5.64. The van der Waals surface area contributed by atoms with Crippen LogP contribution in [0.4, 0.5) is 11.4 Å². The minimum absolute atomic E-state index is 0.0117. The molecule has 0 spiro atoms. The Balaban J connectivity index is 1.81. The van der Waals surface area contributed by atoms with Crippen LogP contribution in [0, 0.1) is 13.8 Å². The average molecular weight is 356 g/mol. The van der Waals surface area contributed by atoms with Crippen molar-refractivity contribution in [3.05, 3.63) is 59.7 Å². The Bertz CT molecular complexity index is 732. The van der Waals surface area contributed by atoms with Gasteiger partial charge in [-0.25, -0.2) is 0 Å². The maximum Gasteiger partial charge on any atom is 0.236 e. The first-order valence-electron chi connectivity index (χ1n) is 8.31. The largest absolute Gasteiger partial charge is 0.325 e. The van der Waals surface area contributed by atoms with Crippen LogP contribution in [-0.2, 0) is 9.59 Å². The summed E-state index contributed by atoms with van der Waals surface area (Å²) < 4.78 is 0. The van der Waals surface area contributed by atoms with E-state index in [-0.39, 0.29) is 23.3 Å². The van der Waals surface area contributed by atoms with E-state index in [9.17, 15) is 9.59 Å². The molecule has 25 heavy (non-hydrogen) atoms. The van der Waals surface area contributed by atoms with Crippen molar-refractivity contribution in [1.29, 1.82) is 0 Å². The first-order valence-corrected chi connectivity index (χ1v) is 9.47. The summed E-state index contributed by atoms with van der Waals surface area (Å²) in [4.78, 5) is 26.1. The first-order chi connectivity index (χ1) is 12.0. The molecule has 132 valence electrons. The lowest BCUT2D eigenvalue weighted by Gasteiger charge is -2.20. The summed E-state index contributed by atoms with van der Waals surface area (Å²) in [6, 6.07) is 15.4. The van der Waals surface area contributed by atoms with Gasteiger partial charge in [0.25, 0.3) is 0 Å². The van der Waals surface area contributed by atoms with Crippen LogP contribution in [0.2, 0.25) is 0 Å². The predicted octanol–water partition coefficient (Wildman–Crippen LogP) is 4.03. The molecule has 0 fully saturated rings. The molecule has 0 bridgehead atoms.